The van der Waals surface area contributed by atoms with E-state index in [0.717, 1.165) is 45.3 Å². The quantitative estimate of drug-likeness (QED) is 0.291. The highest BCUT2D eigenvalue weighted by Gasteiger charge is 2.36. The fourth-order valence-corrected chi connectivity index (χ4v) is 5.32. The lowest BCUT2D eigenvalue weighted by atomic mass is 10.0. The number of para-hydroxylation sites is 1. The van der Waals surface area contributed by atoms with E-state index >= 15 is 0 Å². The van der Waals surface area contributed by atoms with E-state index in [2.05, 4.69) is 9.88 Å². The summed E-state index contributed by atoms with van der Waals surface area (Å²) >= 11 is 0. The maximum atomic E-state index is 14.5. The molecule has 2 amide bonds. The van der Waals surface area contributed by atoms with E-state index in [-0.39, 0.29) is 11.8 Å². The van der Waals surface area contributed by atoms with Crippen LogP contribution in [0.4, 0.5) is 14.9 Å². The van der Waals surface area contributed by atoms with Crippen molar-refractivity contribution in [3.63, 3.8) is 0 Å². The molecule has 1 aliphatic heterocycles. The molecule has 5 aromatic rings. The summed E-state index contributed by atoms with van der Waals surface area (Å²) in [6, 6.07) is 25.5. The highest BCUT2D eigenvalue weighted by molar-refractivity contribution is 5.91. The van der Waals surface area contributed by atoms with Crippen LogP contribution in [0.5, 0.6) is 0 Å². The molecular weight excluding hydrogens is 477 g/mol. The Morgan fingerprint density at radius 1 is 0.947 bits per heavy atom. The van der Waals surface area contributed by atoms with Gasteiger partial charge in [0.15, 0.2) is 0 Å². The summed E-state index contributed by atoms with van der Waals surface area (Å²) in [4.78, 5) is 15.8. The number of hydrogen-bond donors (Lipinski definition) is 1. The van der Waals surface area contributed by atoms with Gasteiger partial charge in [-0.15, -0.1) is 0 Å². The zero-order valence-electron chi connectivity index (χ0n) is 21.5. The molecule has 3 heterocycles. The fourth-order valence-electron chi connectivity index (χ4n) is 5.32. The summed E-state index contributed by atoms with van der Waals surface area (Å²) in [5.41, 5.74) is 7.08. The molecular formula is C31H28FN5O. The van der Waals surface area contributed by atoms with E-state index in [1.807, 2.05) is 98.4 Å². The van der Waals surface area contributed by atoms with Crippen LogP contribution in [0.3, 0.4) is 0 Å². The molecule has 0 unspecified atom stereocenters. The van der Waals surface area contributed by atoms with Crippen LogP contribution in [0.2, 0.25) is 0 Å². The van der Waals surface area contributed by atoms with Crippen LogP contribution in [-0.2, 0) is 6.54 Å². The first-order chi connectivity index (χ1) is 18.4. The molecule has 6 rings (SSSR count). The molecule has 0 fully saturated rings. The Bertz CT molecular complexity index is 1650. The second-order valence-electron chi connectivity index (χ2n) is 9.77. The minimum atomic E-state index is -0.525. The third-order valence-corrected chi connectivity index (χ3v) is 7.14. The molecule has 0 spiro atoms. The first kappa shape index (κ1) is 23.7. The molecule has 3 aromatic carbocycles. The van der Waals surface area contributed by atoms with E-state index in [1.54, 1.807) is 11.0 Å². The lowest BCUT2D eigenvalue weighted by Crippen LogP contribution is -2.38. The van der Waals surface area contributed by atoms with E-state index in [4.69, 9.17) is 5.10 Å². The van der Waals surface area contributed by atoms with Crippen molar-refractivity contribution in [1.29, 1.82) is 0 Å². The topological polar surface area (TPSA) is 55.1 Å². The molecule has 0 aliphatic carbocycles. The van der Waals surface area contributed by atoms with Crippen LogP contribution in [0.25, 0.3) is 11.5 Å². The van der Waals surface area contributed by atoms with E-state index < -0.39 is 6.04 Å². The van der Waals surface area contributed by atoms with E-state index in [1.165, 1.54) is 12.1 Å². The van der Waals surface area contributed by atoms with Crippen molar-refractivity contribution >= 4 is 11.7 Å². The molecule has 0 radical (unpaired) electrons. The van der Waals surface area contributed by atoms with Gasteiger partial charge in [-0.1, -0.05) is 48.0 Å². The van der Waals surface area contributed by atoms with Crippen LogP contribution in [0.15, 0.2) is 91.1 Å². The number of aryl methyl sites for hydroxylation is 3. The first-order valence-corrected chi connectivity index (χ1v) is 12.6. The number of aromatic nitrogens is 3. The van der Waals surface area contributed by atoms with Crippen molar-refractivity contribution in [1.82, 2.24) is 19.2 Å². The van der Waals surface area contributed by atoms with Crippen LogP contribution in [0.1, 0.15) is 39.7 Å². The maximum absolute atomic E-state index is 14.5. The molecule has 0 saturated carbocycles. The summed E-state index contributed by atoms with van der Waals surface area (Å²) in [5.74, 6) is 0.528. The number of amides is 2. The maximum Gasteiger partial charge on any atom is 0.322 e. The summed E-state index contributed by atoms with van der Waals surface area (Å²) in [7, 11) is 0. The molecule has 1 N–H and O–H groups in total. The van der Waals surface area contributed by atoms with Gasteiger partial charge in [0, 0.05) is 17.4 Å². The summed E-state index contributed by atoms with van der Waals surface area (Å²) in [6.07, 6.45) is 1.98. The zero-order chi connectivity index (χ0) is 26.4. The molecule has 2 aromatic heterocycles. The minimum absolute atomic E-state index is 0.265. The van der Waals surface area contributed by atoms with Crippen LogP contribution in [-0.4, -0.2) is 25.3 Å². The molecule has 0 bridgehead atoms. The van der Waals surface area contributed by atoms with Gasteiger partial charge in [-0.2, -0.15) is 5.10 Å². The monoisotopic (exact) mass is 505 g/mol. The first-order valence-electron chi connectivity index (χ1n) is 12.6. The zero-order valence-corrected chi connectivity index (χ0v) is 21.5. The average Bonchev–Trinajstić information content (AvgIpc) is 3.46. The second-order valence-corrected chi connectivity index (χ2v) is 9.77. The van der Waals surface area contributed by atoms with Crippen molar-refractivity contribution in [2.24, 2.45) is 0 Å². The SMILES string of the molecule is Cc1ccc(NC(=O)N2Cc3c(C)nn(-c4ccccc4)c3-n3cccc3[C@@H]2c2cccc(F)c2)c(C)c1. The van der Waals surface area contributed by atoms with Crippen molar-refractivity contribution in [3.05, 3.63) is 131 Å². The number of halogens is 1. The van der Waals surface area contributed by atoms with Gasteiger partial charge in [-0.05, 0) is 74.4 Å². The number of nitrogens with zero attached hydrogens (tertiary/aromatic N) is 4. The molecule has 1 aliphatic rings. The number of nitrogens with one attached hydrogen (secondary N) is 1. The standard InChI is InChI=1S/C31H28FN5O/c1-20-14-15-27(21(2)17-20)33-31(38)36-19-26-22(3)34-37(25-11-5-4-6-12-25)30(26)35-16-8-13-28(35)29(36)23-9-7-10-24(32)18-23/h4-18,29H,19H2,1-3H3,(H,33,38)/t29-/m0/s1. The Morgan fingerprint density at radius 3 is 2.53 bits per heavy atom. The fraction of sp³-hybridized carbons (Fsp3) is 0.161. The Labute approximate surface area is 221 Å². The number of urea groups is 1. The second kappa shape index (κ2) is 9.34. The molecule has 6 nitrogen and oxygen atoms in total. The number of carbonyl (C=O) groups is 1. The van der Waals surface area contributed by atoms with Gasteiger partial charge in [0.25, 0.3) is 0 Å². The Hall–Kier alpha value is -4.65. The number of fused-ring (bicyclic) bond motifs is 3. The summed E-state index contributed by atoms with van der Waals surface area (Å²) in [5, 5.41) is 7.99. The van der Waals surface area contributed by atoms with Gasteiger partial charge in [-0.3, -0.25) is 0 Å². The summed E-state index contributed by atoms with van der Waals surface area (Å²) < 4.78 is 18.5. The Kier molecular flexibility index (Phi) is 5.83. The number of hydrogen-bond acceptors (Lipinski definition) is 2. The van der Waals surface area contributed by atoms with Gasteiger partial charge in [-0.25, -0.2) is 13.9 Å². The van der Waals surface area contributed by atoms with Gasteiger partial charge in [0.05, 0.1) is 29.7 Å². The smallest absolute Gasteiger partial charge is 0.308 e. The predicted octanol–water partition coefficient (Wildman–Crippen LogP) is 6.86. The van der Waals surface area contributed by atoms with Crippen LogP contribution < -0.4 is 5.32 Å². The lowest BCUT2D eigenvalue weighted by molar-refractivity contribution is 0.194. The number of rotatable bonds is 3. The van der Waals surface area contributed by atoms with E-state index in [9.17, 15) is 9.18 Å². The number of anilines is 1. The lowest BCUT2D eigenvalue weighted by Gasteiger charge is -2.31. The van der Waals surface area contributed by atoms with Gasteiger partial charge < -0.3 is 14.8 Å². The molecule has 7 heteroatoms. The normalized spacial score (nSPS) is 14.5. The van der Waals surface area contributed by atoms with Gasteiger partial charge >= 0.3 is 6.03 Å². The highest BCUT2D eigenvalue weighted by Crippen LogP contribution is 2.39. The number of benzene rings is 3. The summed E-state index contributed by atoms with van der Waals surface area (Å²) in [6.45, 7) is 6.26. The number of carbonyl (C=O) groups excluding carboxylic acids is 1. The molecule has 1 atom stereocenters. The molecule has 0 saturated heterocycles. The predicted molar refractivity (Wildman–Crippen MR) is 146 cm³/mol. The van der Waals surface area contributed by atoms with Crippen molar-refractivity contribution in [2.45, 2.75) is 33.4 Å². The molecule has 38 heavy (non-hydrogen) atoms. The highest BCUT2D eigenvalue weighted by atomic mass is 19.1. The third-order valence-electron chi connectivity index (χ3n) is 7.14. The Balaban J connectivity index is 1.54. The van der Waals surface area contributed by atoms with E-state index in [0.29, 0.717) is 12.1 Å². The average molecular weight is 506 g/mol. The minimum Gasteiger partial charge on any atom is -0.308 e. The Morgan fingerprint density at radius 2 is 1.76 bits per heavy atom. The van der Waals surface area contributed by atoms with Crippen LogP contribution in [0, 0.1) is 26.6 Å². The van der Waals surface area contributed by atoms with Crippen molar-refractivity contribution < 1.29 is 9.18 Å². The largest absolute Gasteiger partial charge is 0.322 e. The van der Waals surface area contributed by atoms with Gasteiger partial charge in [0.1, 0.15) is 11.6 Å². The van der Waals surface area contributed by atoms with Gasteiger partial charge in [0.2, 0.25) is 0 Å². The van der Waals surface area contributed by atoms with Crippen molar-refractivity contribution in [2.75, 3.05) is 5.32 Å². The third kappa shape index (κ3) is 4.06. The van der Waals surface area contributed by atoms with Crippen molar-refractivity contribution in [3.8, 4) is 11.5 Å². The van der Waals surface area contributed by atoms with Crippen LogP contribution >= 0.6 is 0 Å². The molecule has 190 valence electrons.